The summed E-state index contributed by atoms with van der Waals surface area (Å²) in [5.74, 6) is 3.24. The van der Waals surface area contributed by atoms with E-state index in [-0.39, 0.29) is 11.9 Å². The fraction of sp³-hybridized carbons (Fsp3) is 0.696. The van der Waals surface area contributed by atoms with E-state index in [1.807, 2.05) is 6.07 Å². The maximum atomic E-state index is 12.9. The number of piperazine rings is 1. The number of fused-ring (bicyclic) bond motifs is 1. The second kappa shape index (κ2) is 8.92. The standard InChI is InChI=1S/C23H35N3O3/c1-16-5-4-6-20(17(16)2)24-23(27)18(3)26-11-9-25(10-12-26)14-19-7-8-21-22(13-19)29-15-28-21/h7-8,13,16-18,20H,4-6,9-12,14-15H2,1-3H3,(H,24,27)/p+2/t16-,17+,18+,20+/m0/s1. The molecular weight excluding hydrogens is 366 g/mol. The molecule has 160 valence electrons. The van der Waals surface area contributed by atoms with Crippen molar-refractivity contribution in [3.63, 3.8) is 0 Å². The Labute approximate surface area is 174 Å². The maximum absolute atomic E-state index is 12.9. The molecule has 2 aliphatic heterocycles. The molecule has 4 rings (SSSR count). The molecule has 0 radical (unpaired) electrons. The van der Waals surface area contributed by atoms with E-state index in [0.717, 1.165) is 50.6 Å². The minimum Gasteiger partial charge on any atom is -0.454 e. The lowest BCUT2D eigenvalue weighted by Crippen LogP contribution is -3.29. The van der Waals surface area contributed by atoms with Gasteiger partial charge in [0.15, 0.2) is 17.5 Å². The molecule has 0 unspecified atom stereocenters. The summed E-state index contributed by atoms with van der Waals surface area (Å²) in [6.07, 6.45) is 3.66. The van der Waals surface area contributed by atoms with Crippen LogP contribution in [0.1, 0.15) is 45.6 Å². The second-order valence-corrected chi connectivity index (χ2v) is 9.38. The zero-order valence-corrected chi connectivity index (χ0v) is 18.1. The molecule has 2 heterocycles. The van der Waals surface area contributed by atoms with Gasteiger partial charge < -0.3 is 24.6 Å². The second-order valence-electron chi connectivity index (χ2n) is 9.38. The van der Waals surface area contributed by atoms with Gasteiger partial charge in [-0.25, -0.2) is 0 Å². The average Bonchev–Trinajstić information content (AvgIpc) is 3.19. The van der Waals surface area contributed by atoms with Crippen LogP contribution in [-0.4, -0.2) is 51.0 Å². The number of ether oxygens (including phenoxy) is 2. The van der Waals surface area contributed by atoms with Crippen LogP contribution in [0, 0.1) is 11.8 Å². The number of rotatable bonds is 5. The van der Waals surface area contributed by atoms with Gasteiger partial charge in [0.2, 0.25) is 6.79 Å². The largest absolute Gasteiger partial charge is 0.454 e. The van der Waals surface area contributed by atoms with Crippen molar-refractivity contribution in [1.82, 2.24) is 5.32 Å². The molecule has 4 atom stereocenters. The van der Waals surface area contributed by atoms with E-state index in [2.05, 4.69) is 38.2 Å². The molecule has 0 aromatic heterocycles. The Hall–Kier alpha value is -1.79. The van der Waals surface area contributed by atoms with Crippen LogP contribution in [-0.2, 0) is 11.3 Å². The lowest BCUT2D eigenvalue weighted by Gasteiger charge is -2.37. The normalized spacial score (nSPS) is 32.6. The van der Waals surface area contributed by atoms with Crippen LogP contribution in [0.2, 0.25) is 0 Å². The van der Waals surface area contributed by atoms with E-state index in [9.17, 15) is 4.79 Å². The first-order valence-corrected chi connectivity index (χ1v) is 11.4. The van der Waals surface area contributed by atoms with E-state index in [1.54, 1.807) is 4.90 Å². The maximum Gasteiger partial charge on any atom is 0.278 e. The number of hydrogen-bond acceptors (Lipinski definition) is 3. The topological polar surface area (TPSA) is 56.4 Å². The first-order chi connectivity index (χ1) is 14.0. The van der Waals surface area contributed by atoms with Gasteiger partial charge in [0.25, 0.3) is 5.91 Å². The monoisotopic (exact) mass is 403 g/mol. The predicted octanol–water partition coefficient (Wildman–Crippen LogP) is 0.0281. The van der Waals surface area contributed by atoms with Gasteiger partial charge in [0.1, 0.15) is 32.7 Å². The Morgan fingerprint density at radius 1 is 1.14 bits per heavy atom. The Balaban J connectivity index is 1.25. The molecule has 1 saturated carbocycles. The summed E-state index contributed by atoms with van der Waals surface area (Å²) in [5.41, 5.74) is 1.29. The summed E-state index contributed by atoms with van der Waals surface area (Å²) in [4.78, 5) is 15.9. The molecule has 1 aromatic rings. The van der Waals surface area contributed by atoms with Gasteiger partial charge in [-0.15, -0.1) is 0 Å². The molecule has 0 spiro atoms. The molecule has 1 saturated heterocycles. The van der Waals surface area contributed by atoms with Crippen molar-refractivity contribution >= 4 is 5.91 Å². The summed E-state index contributed by atoms with van der Waals surface area (Å²) < 4.78 is 10.9. The Morgan fingerprint density at radius 2 is 1.90 bits per heavy atom. The van der Waals surface area contributed by atoms with Crippen LogP contribution >= 0.6 is 0 Å². The Kier molecular flexibility index (Phi) is 6.30. The van der Waals surface area contributed by atoms with Crippen LogP contribution < -0.4 is 24.6 Å². The first-order valence-electron chi connectivity index (χ1n) is 11.4. The van der Waals surface area contributed by atoms with E-state index in [1.165, 1.54) is 23.3 Å². The van der Waals surface area contributed by atoms with Crippen molar-refractivity contribution in [2.75, 3.05) is 33.0 Å². The number of nitrogens with one attached hydrogen (secondary N) is 3. The summed E-state index contributed by atoms with van der Waals surface area (Å²) in [7, 11) is 0. The van der Waals surface area contributed by atoms with Crippen LogP contribution in [0.15, 0.2) is 18.2 Å². The first kappa shape index (κ1) is 20.5. The number of amides is 1. The third-order valence-corrected chi connectivity index (χ3v) is 7.53. The van der Waals surface area contributed by atoms with Crippen molar-refractivity contribution in [2.45, 2.75) is 58.7 Å². The predicted molar refractivity (Wildman–Crippen MR) is 111 cm³/mol. The molecule has 2 fully saturated rings. The van der Waals surface area contributed by atoms with E-state index in [4.69, 9.17) is 9.47 Å². The molecule has 1 aromatic carbocycles. The lowest BCUT2D eigenvalue weighted by molar-refractivity contribution is -1.02. The van der Waals surface area contributed by atoms with Gasteiger partial charge in [0, 0.05) is 11.6 Å². The molecule has 6 nitrogen and oxygen atoms in total. The molecule has 1 amide bonds. The molecular formula is C23H37N3O3+2. The summed E-state index contributed by atoms with van der Waals surface area (Å²) in [6, 6.07) is 6.65. The molecule has 6 heteroatoms. The van der Waals surface area contributed by atoms with Gasteiger partial charge in [-0.1, -0.05) is 26.7 Å². The summed E-state index contributed by atoms with van der Waals surface area (Å²) in [6.45, 7) is 12.3. The van der Waals surface area contributed by atoms with Crippen LogP contribution in [0.25, 0.3) is 0 Å². The molecule has 29 heavy (non-hydrogen) atoms. The number of benzene rings is 1. The number of quaternary nitrogens is 2. The molecule has 3 aliphatic rings. The highest BCUT2D eigenvalue weighted by atomic mass is 16.7. The smallest absolute Gasteiger partial charge is 0.278 e. The van der Waals surface area contributed by atoms with Crippen molar-refractivity contribution in [1.29, 1.82) is 0 Å². The minimum atomic E-state index is 0.0338. The zero-order valence-electron chi connectivity index (χ0n) is 18.1. The van der Waals surface area contributed by atoms with Crippen molar-refractivity contribution < 1.29 is 24.1 Å². The summed E-state index contributed by atoms with van der Waals surface area (Å²) in [5, 5.41) is 3.38. The molecule has 3 N–H and O–H groups in total. The molecule has 0 bridgehead atoms. The van der Waals surface area contributed by atoms with Gasteiger partial charge in [-0.2, -0.15) is 0 Å². The highest BCUT2D eigenvalue weighted by molar-refractivity contribution is 5.80. The number of carbonyl (C=O) groups excluding carboxylic acids is 1. The molecule has 1 aliphatic carbocycles. The number of hydrogen-bond donors (Lipinski definition) is 3. The average molecular weight is 404 g/mol. The van der Waals surface area contributed by atoms with Crippen LogP contribution in [0.5, 0.6) is 11.5 Å². The quantitative estimate of drug-likeness (QED) is 0.650. The van der Waals surface area contributed by atoms with Gasteiger partial charge in [-0.05, 0) is 43.4 Å². The fourth-order valence-corrected chi connectivity index (χ4v) is 5.15. The van der Waals surface area contributed by atoms with Crippen LogP contribution in [0.4, 0.5) is 0 Å². The zero-order chi connectivity index (χ0) is 20.4. The van der Waals surface area contributed by atoms with Crippen molar-refractivity contribution in [3.8, 4) is 11.5 Å². The van der Waals surface area contributed by atoms with Gasteiger partial charge >= 0.3 is 0 Å². The highest BCUT2D eigenvalue weighted by Crippen LogP contribution is 2.32. The van der Waals surface area contributed by atoms with E-state index in [0.29, 0.717) is 24.7 Å². The minimum absolute atomic E-state index is 0.0338. The number of carbonyl (C=O) groups is 1. The fourth-order valence-electron chi connectivity index (χ4n) is 5.15. The third-order valence-electron chi connectivity index (χ3n) is 7.53. The summed E-state index contributed by atoms with van der Waals surface area (Å²) >= 11 is 0. The van der Waals surface area contributed by atoms with E-state index < -0.39 is 0 Å². The highest BCUT2D eigenvalue weighted by Gasteiger charge is 2.34. The lowest BCUT2D eigenvalue weighted by atomic mass is 9.78. The van der Waals surface area contributed by atoms with Crippen molar-refractivity contribution in [3.05, 3.63) is 23.8 Å². The van der Waals surface area contributed by atoms with Crippen molar-refractivity contribution in [2.24, 2.45) is 11.8 Å². The van der Waals surface area contributed by atoms with Gasteiger partial charge in [-0.3, -0.25) is 4.79 Å². The Bertz CT molecular complexity index is 717. The van der Waals surface area contributed by atoms with E-state index >= 15 is 0 Å². The SMILES string of the molecule is C[C@@H]1[C@@H](C)CCC[C@H]1NC(=O)[C@@H](C)[NH+]1CC[NH+](Cc2ccc3c(c2)OCO3)CC1. The van der Waals surface area contributed by atoms with Gasteiger partial charge in [0.05, 0.1) is 0 Å². The third kappa shape index (κ3) is 4.69. The van der Waals surface area contributed by atoms with Crippen LogP contribution in [0.3, 0.4) is 0 Å². The Morgan fingerprint density at radius 3 is 2.69 bits per heavy atom.